The molecule has 1 fully saturated rings. The second kappa shape index (κ2) is 7.35. The van der Waals surface area contributed by atoms with Crippen LogP contribution in [0, 0.1) is 10.2 Å². The van der Waals surface area contributed by atoms with Gasteiger partial charge >= 0.3 is 0 Å². The van der Waals surface area contributed by atoms with Gasteiger partial charge in [0.1, 0.15) is 0 Å². The van der Waals surface area contributed by atoms with Crippen LogP contribution in [0.4, 0.5) is 0 Å². The average molecular weight is 381 g/mol. The van der Waals surface area contributed by atoms with Crippen LogP contribution in [-0.2, 0) is 18.0 Å². The van der Waals surface area contributed by atoms with E-state index in [9.17, 15) is 4.79 Å². The zero-order chi connectivity index (χ0) is 18.0. The molecule has 0 aliphatic carbocycles. The number of tetrazole rings is 1. The molecule has 1 saturated heterocycles. The van der Waals surface area contributed by atoms with Crippen LogP contribution >= 0.6 is 23.6 Å². The summed E-state index contributed by atoms with van der Waals surface area (Å²) < 4.78 is 4.13. The van der Waals surface area contributed by atoms with Gasteiger partial charge in [-0.2, -0.15) is 0 Å². The van der Waals surface area contributed by atoms with E-state index in [1.165, 1.54) is 4.88 Å². The maximum Gasteiger partial charge on any atom is 0.228 e. The zero-order valence-corrected chi connectivity index (χ0v) is 16.5. The minimum Gasteiger partial charge on any atom is -0.340 e. The van der Waals surface area contributed by atoms with Crippen LogP contribution in [0.3, 0.4) is 0 Å². The highest BCUT2D eigenvalue weighted by atomic mass is 32.1. The molecule has 2 aromatic heterocycles. The lowest BCUT2D eigenvalue weighted by molar-refractivity contribution is -0.141. The molecule has 0 radical (unpaired) electrons. The molecule has 25 heavy (non-hydrogen) atoms. The molecule has 9 heteroatoms. The van der Waals surface area contributed by atoms with E-state index < -0.39 is 0 Å². The van der Waals surface area contributed by atoms with Gasteiger partial charge in [0.05, 0.1) is 13.2 Å². The van der Waals surface area contributed by atoms with E-state index in [4.69, 9.17) is 12.2 Å². The Morgan fingerprint density at radius 1 is 1.20 bits per heavy atom. The first-order valence-corrected chi connectivity index (χ1v) is 9.68. The lowest BCUT2D eigenvalue weighted by Gasteiger charge is -2.37. The molecule has 1 aliphatic rings. The van der Waals surface area contributed by atoms with Crippen molar-refractivity contribution in [2.45, 2.75) is 34.0 Å². The molecular weight excluding hydrogens is 356 g/mol. The van der Waals surface area contributed by atoms with E-state index in [1.54, 1.807) is 20.7 Å². The van der Waals surface area contributed by atoms with Crippen molar-refractivity contribution in [1.29, 1.82) is 0 Å². The second-order valence-corrected chi connectivity index (χ2v) is 8.70. The number of amides is 1. The van der Waals surface area contributed by atoms with Gasteiger partial charge in [0.25, 0.3) is 0 Å². The average Bonchev–Trinajstić information content (AvgIpc) is 3.19. The van der Waals surface area contributed by atoms with E-state index in [0.29, 0.717) is 18.0 Å². The van der Waals surface area contributed by atoms with E-state index in [-0.39, 0.29) is 11.3 Å². The van der Waals surface area contributed by atoms with Gasteiger partial charge in [-0.25, -0.2) is 9.36 Å². The number of hydrogen-bond acceptors (Lipinski definition) is 6. The van der Waals surface area contributed by atoms with Crippen LogP contribution in [0.25, 0.3) is 0 Å². The smallest absolute Gasteiger partial charge is 0.228 e. The summed E-state index contributed by atoms with van der Waals surface area (Å²) in [4.78, 5) is 17.8. The molecule has 7 nitrogen and oxygen atoms in total. The molecule has 3 heterocycles. The predicted molar refractivity (Wildman–Crippen MR) is 99.9 cm³/mol. The fraction of sp³-hybridized carbons (Fsp3) is 0.625. The first kappa shape index (κ1) is 18.2. The molecule has 0 aromatic carbocycles. The van der Waals surface area contributed by atoms with Crippen molar-refractivity contribution in [3.8, 4) is 0 Å². The van der Waals surface area contributed by atoms with Gasteiger partial charge in [-0.15, -0.1) is 11.3 Å². The fourth-order valence-electron chi connectivity index (χ4n) is 2.80. The Bertz CT molecular complexity index is 765. The van der Waals surface area contributed by atoms with Crippen molar-refractivity contribution in [1.82, 2.24) is 29.6 Å². The monoisotopic (exact) mass is 380 g/mol. The largest absolute Gasteiger partial charge is 0.340 e. The topological polar surface area (TPSA) is 59.2 Å². The quantitative estimate of drug-likeness (QED) is 0.760. The molecule has 0 bridgehead atoms. The summed E-state index contributed by atoms with van der Waals surface area (Å²) in [6, 6.07) is 4.09. The minimum absolute atomic E-state index is 0.214. The molecule has 0 saturated carbocycles. The summed E-state index contributed by atoms with van der Waals surface area (Å²) in [5.74, 6) is 0.214. The Morgan fingerprint density at radius 2 is 1.88 bits per heavy atom. The van der Waals surface area contributed by atoms with Gasteiger partial charge in [0.2, 0.25) is 10.7 Å². The molecule has 136 valence electrons. The third-order valence-corrected chi connectivity index (χ3v) is 5.50. The summed E-state index contributed by atoms with van der Waals surface area (Å²) in [5.41, 5.74) is -0.324. The molecular formula is C16H24N6OS2. The fourth-order valence-corrected chi connectivity index (χ4v) is 3.68. The first-order chi connectivity index (χ1) is 11.8. The van der Waals surface area contributed by atoms with Crippen LogP contribution < -0.4 is 0 Å². The molecule has 1 amide bonds. The molecule has 0 N–H and O–H groups in total. The highest BCUT2D eigenvalue weighted by Gasteiger charge is 2.29. The number of piperazine rings is 1. The van der Waals surface area contributed by atoms with E-state index in [2.05, 4.69) is 21.4 Å². The Kier molecular flexibility index (Phi) is 5.35. The number of hydrogen-bond donors (Lipinski definition) is 0. The number of thiophene rings is 1. The standard InChI is InChI=1S/C16H24N6OS2/c1-16(2,3)14(23)20-8-6-19(7-9-20)12-22-15(24)21(17-18-22)11-13-5-4-10-25-13/h4-5,10H,6-9,11-12H2,1-3H3. The van der Waals surface area contributed by atoms with Gasteiger partial charge in [-0.05, 0) is 34.1 Å². The highest BCUT2D eigenvalue weighted by molar-refractivity contribution is 7.71. The van der Waals surface area contributed by atoms with E-state index in [1.807, 2.05) is 37.1 Å². The van der Waals surface area contributed by atoms with Gasteiger partial charge in [0.15, 0.2) is 0 Å². The van der Waals surface area contributed by atoms with Crippen molar-refractivity contribution >= 4 is 29.5 Å². The van der Waals surface area contributed by atoms with Gasteiger partial charge < -0.3 is 4.90 Å². The number of carbonyl (C=O) groups excluding carboxylic acids is 1. The SMILES string of the molecule is CC(C)(C)C(=O)N1CCN(Cn2nnn(Cc3cccs3)c2=S)CC1. The van der Waals surface area contributed by atoms with Gasteiger partial charge in [-0.1, -0.05) is 26.8 Å². The van der Waals surface area contributed by atoms with Crippen molar-refractivity contribution in [3.63, 3.8) is 0 Å². The molecule has 0 atom stereocenters. The van der Waals surface area contributed by atoms with Crippen LogP contribution in [0.5, 0.6) is 0 Å². The third-order valence-electron chi connectivity index (χ3n) is 4.22. The van der Waals surface area contributed by atoms with E-state index >= 15 is 0 Å². The molecule has 0 spiro atoms. The normalized spacial score (nSPS) is 16.4. The van der Waals surface area contributed by atoms with E-state index in [0.717, 1.165) is 26.2 Å². The van der Waals surface area contributed by atoms with Crippen molar-refractivity contribution < 1.29 is 4.79 Å². The Balaban J connectivity index is 1.57. The molecule has 1 aliphatic heterocycles. The maximum atomic E-state index is 12.4. The summed E-state index contributed by atoms with van der Waals surface area (Å²) in [7, 11) is 0. The Labute approximate surface area is 156 Å². The number of rotatable bonds is 4. The van der Waals surface area contributed by atoms with Gasteiger partial charge in [0, 0.05) is 36.5 Å². The molecule has 2 aromatic rings. The van der Waals surface area contributed by atoms with Crippen molar-refractivity contribution in [3.05, 3.63) is 27.2 Å². The summed E-state index contributed by atoms with van der Waals surface area (Å²) in [6.07, 6.45) is 0. The van der Waals surface area contributed by atoms with Crippen LogP contribution in [0.2, 0.25) is 0 Å². The molecule has 3 rings (SSSR count). The predicted octanol–water partition coefficient (Wildman–Crippen LogP) is 2.07. The van der Waals surface area contributed by atoms with Crippen LogP contribution in [-0.4, -0.2) is 61.7 Å². The number of aromatic nitrogens is 4. The van der Waals surface area contributed by atoms with Crippen LogP contribution in [0.15, 0.2) is 17.5 Å². The first-order valence-electron chi connectivity index (χ1n) is 8.39. The van der Waals surface area contributed by atoms with Crippen molar-refractivity contribution in [2.24, 2.45) is 5.41 Å². The van der Waals surface area contributed by atoms with Gasteiger partial charge in [-0.3, -0.25) is 9.69 Å². The number of carbonyl (C=O) groups is 1. The summed E-state index contributed by atoms with van der Waals surface area (Å²) in [6.45, 7) is 10.3. The zero-order valence-electron chi connectivity index (χ0n) is 14.9. The Morgan fingerprint density at radius 3 is 2.48 bits per heavy atom. The van der Waals surface area contributed by atoms with Crippen LogP contribution in [0.1, 0.15) is 25.6 Å². The minimum atomic E-state index is -0.324. The lowest BCUT2D eigenvalue weighted by Crippen LogP contribution is -2.51. The second-order valence-electron chi connectivity index (χ2n) is 7.30. The Hall–Kier alpha value is -1.58. The lowest BCUT2D eigenvalue weighted by atomic mass is 9.94. The maximum absolute atomic E-state index is 12.4. The highest BCUT2D eigenvalue weighted by Crippen LogP contribution is 2.18. The number of nitrogens with zero attached hydrogens (tertiary/aromatic N) is 6. The van der Waals surface area contributed by atoms with Crippen molar-refractivity contribution in [2.75, 3.05) is 26.2 Å². The summed E-state index contributed by atoms with van der Waals surface area (Å²) >= 11 is 7.18. The molecule has 0 unspecified atom stereocenters. The third kappa shape index (κ3) is 4.34. The summed E-state index contributed by atoms with van der Waals surface area (Å²) in [5, 5.41) is 10.4.